The maximum atomic E-state index is 13.5. The van der Waals surface area contributed by atoms with Gasteiger partial charge in [0.2, 0.25) is 5.91 Å². The van der Waals surface area contributed by atoms with E-state index >= 15 is 0 Å². The van der Waals surface area contributed by atoms with Gasteiger partial charge in [0.15, 0.2) is 11.6 Å². The van der Waals surface area contributed by atoms with Crippen molar-refractivity contribution in [1.29, 1.82) is 0 Å². The van der Waals surface area contributed by atoms with E-state index in [1.165, 1.54) is 24.3 Å². The number of pyridine rings is 1. The molecule has 0 radical (unpaired) electrons. The largest absolute Gasteiger partial charge is 0.330 e. The Morgan fingerprint density at radius 1 is 1.03 bits per heavy atom. The molecule has 0 saturated heterocycles. The summed E-state index contributed by atoms with van der Waals surface area (Å²) in [6.45, 7) is 0.431. The highest BCUT2D eigenvalue weighted by atomic mass is 35.5. The molecule has 1 aromatic heterocycles. The van der Waals surface area contributed by atoms with Gasteiger partial charge in [0.1, 0.15) is 5.56 Å². The number of hydrogen-bond donors (Lipinski definition) is 3. The van der Waals surface area contributed by atoms with E-state index < -0.39 is 35.1 Å². The summed E-state index contributed by atoms with van der Waals surface area (Å²) in [4.78, 5) is 14.3. The fraction of sp³-hybridized carbons (Fsp3) is 0.222. The van der Waals surface area contributed by atoms with Crippen LogP contribution in [0.25, 0.3) is 0 Å². The van der Waals surface area contributed by atoms with Gasteiger partial charge in [-0.25, -0.2) is 8.78 Å². The molecule has 1 amide bonds. The Morgan fingerprint density at radius 2 is 1.59 bits per heavy atom. The second-order valence-corrected chi connectivity index (χ2v) is 5.55. The number of carbonyl (C=O) groups excluding carboxylic acids is 1. The molecule has 0 fully saturated rings. The van der Waals surface area contributed by atoms with Crippen molar-refractivity contribution in [3.63, 3.8) is 0 Å². The molecule has 0 aliphatic rings. The molecule has 0 spiro atoms. The Hall–Kier alpha value is -2.38. The van der Waals surface area contributed by atoms with Crippen LogP contribution in [0.4, 0.5) is 23.2 Å². The smallest absolute Gasteiger partial charge is 0.253 e. The number of hydrogen-bond acceptors (Lipinski definition) is 4. The highest BCUT2D eigenvalue weighted by Gasteiger charge is 2.19. The normalized spacial score (nSPS) is 10.7. The van der Waals surface area contributed by atoms with Crippen LogP contribution < -0.4 is 16.8 Å². The third-order valence-corrected chi connectivity index (χ3v) is 3.54. The van der Waals surface area contributed by atoms with Crippen LogP contribution in [0.2, 0.25) is 0 Å². The van der Waals surface area contributed by atoms with Crippen LogP contribution in [0.1, 0.15) is 24.0 Å². The Labute approximate surface area is 177 Å². The van der Waals surface area contributed by atoms with Crippen LogP contribution in [0.5, 0.6) is 0 Å². The number of halogens is 6. The third kappa shape index (κ3) is 7.18. The first-order valence-electron chi connectivity index (χ1n) is 7.92. The summed E-state index contributed by atoms with van der Waals surface area (Å²) in [5.74, 6) is -2.84. The molecule has 1 heterocycles. The van der Waals surface area contributed by atoms with Crippen LogP contribution in [-0.2, 0) is 4.79 Å². The Balaban J connectivity index is 0.00000392. The van der Waals surface area contributed by atoms with Gasteiger partial charge in [-0.3, -0.25) is 4.79 Å². The van der Waals surface area contributed by atoms with Crippen molar-refractivity contribution < 1.29 is 22.4 Å². The summed E-state index contributed by atoms with van der Waals surface area (Å²) in [5.41, 5.74) is 10.8. The maximum absolute atomic E-state index is 13.5. The van der Waals surface area contributed by atoms with Gasteiger partial charge in [-0.1, -0.05) is 11.8 Å². The van der Waals surface area contributed by atoms with Crippen LogP contribution >= 0.6 is 24.8 Å². The quantitative estimate of drug-likeness (QED) is 0.369. The number of aromatic nitrogens is 1. The lowest BCUT2D eigenvalue weighted by Gasteiger charge is -2.11. The van der Waals surface area contributed by atoms with Gasteiger partial charge >= 0.3 is 0 Å². The second-order valence-electron chi connectivity index (χ2n) is 5.55. The minimum absolute atomic E-state index is 0. The van der Waals surface area contributed by atoms with Crippen molar-refractivity contribution in [2.75, 3.05) is 11.9 Å². The van der Waals surface area contributed by atoms with E-state index in [9.17, 15) is 22.4 Å². The van der Waals surface area contributed by atoms with Crippen LogP contribution in [0, 0.1) is 35.4 Å². The monoisotopic (exact) mass is 452 g/mol. The Morgan fingerprint density at radius 3 is 2.10 bits per heavy atom. The molecule has 1 atom stereocenters. The van der Waals surface area contributed by atoms with Crippen molar-refractivity contribution in [2.24, 2.45) is 11.5 Å². The molecule has 1 aromatic carbocycles. The first kappa shape index (κ1) is 26.6. The molecule has 0 unspecified atom stereocenters. The lowest BCUT2D eigenvalue weighted by atomic mass is 10.1. The third-order valence-electron chi connectivity index (χ3n) is 3.54. The molecule has 2 rings (SSSR count). The Kier molecular flexibility index (Phi) is 11.2. The zero-order chi connectivity index (χ0) is 20.0. The van der Waals surface area contributed by atoms with Crippen molar-refractivity contribution in [3.8, 4) is 11.8 Å². The second kappa shape index (κ2) is 12.2. The molecule has 158 valence electrons. The molecular formula is C18H18Cl2F4N4O. The summed E-state index contributed by atoms with van der Waals surface area (Å²) >= 11 is 0. The predicted octanol–water partition coefficient (Wildman–Crippen LogP) is 2.89. The summed E-state index contributed by atoms with van der Waals surface area (Å²) in [6.07, 6.45) is 1.06. The van der Waals surface area contributed by atoms with Gasteiger partial charge in [0.05, 0.1) is 6.04 Å². The van der Waals surface area contributed by atoms with Crippen molar-refractivity contribution in [3.05, 3.63) is 58.9 Å². The standard InChI is InChI=1S/C18H16F4N4O.2ClH/c19-14-12(15(20)17(22)26-16(14)21)8-5-10-3-6-11(7-4-10)25-18(27)13(24)2-1-9-23;;/h3-4,6-7,13H,1-2,9,23-24H2,(H,25,27);2*1H/t13-;;/m0../s1. The molecule has 5 nitrogen and oxygen atoms in total. The zero-order valence-electron chi connectivity index (χ0n) is 14.8. The van der Waals surface area contributed by atoms with E-state index in [2.05, 4.69) is 16.2 Å². The average molecular weight is 453 g/mol. The summed E-state index contributed by atoms with van der Waals surface area (Å²) < 4.78 is 53.1. The van der Waals surface area contributed by atoms with E-state index in [0.717, 1.165) is 0 Å². The van der Waals surface area contributed by atoms with Gasteiger partial charge in [-0.2, -0.15) is 13.8 Å². The van der Waals surface area contributed by atoms with Crippen molar-refractivity contribution in [1.82, 2.24) is 4.98 Å². The molecule has 5 N–H and O–H groups in total. The van der Waals surface area contributed by atoms with E-state index in [1.807, 2.05) is 5.92 Å². The number of nitrogens with one attached hydrogen (secondary N) is 1. The van der Waals surface area contributed by atoms with Gasteiger partial charge in [0.25, 0.3) is 11.9 Å². The molecular weight excluding hydrogens is 435 g/mol. The fourth-order valence-corrected chi connectivity index (χ4v) is 2.07. The Bertz CT molecular complexity index is 875. The lowest BCUT2D eigenvalue weighted by molar-refractivity contribution is -0.117. The summed E-state index contributed by atoms with van der Waals surface area (Å²) in [5, 5.41) is 2.60. The molecule has 0 saturated carbocycles. The lowest BCUT2D eigenvalue weighted by Crippen LogP contribution is -2.35. The van der Waals surface area contributed by atoms with E-state index in [4.69, 9.17) is 11.5 Å². The van der Waals surface area contributed by atoms with E-state index in [0.29, 0.717) is 30.6 Å². The number of nitrogens with zero attached hydrogens (tertiary/aromatic N) is 1. The topological polar surface area (TPSA) is 94.0 Å². The minimum Gasteiger partial charge on any atom is -0.330 e. The van der Waals surface area contributed by atoms with Gasteiger partial charge in [0, 0.05) is 11.3 Å². The molecule has 0 aliphatic carbocycles. The first-order chi connectivity index (χ1) is 12.8. The highest BCUT2D eigenvalue weighted by molar-refractivity contribution is 5.94. The predicted molar refractivity (Wildman–Crippen MR) is 106 cm³/mol. The number of amides is 1. The molecule has 11 heteroatoms. The zero-order valence-corrected chi connectivity index (χ0v) is 16.5. The van der Waals surface area contributed by atoms with Gasteiger partial charge in [-0.15, -0.1) is 24.8 Å². The van der Waals surface area contributed by atoms with Crippen LogP contribution in [0.15, 0.2) is 24.3 Å². The molecule has 2 aromatic rings. The minimum atomic E-state index is -1.78. The fourth-order valence-electron chi connectivity index (χ4n) is 2.07. The van der Waals surface area contributed by atoms with Gasteiger partial charge in [-0.05, 0) is 43.7 Å². The van der Waals surface area contributed by atoms with Crippen LogP contribution in [-0.4, -0.2) is 23.5 Å². The average Bonchev–Trinajstić information content (AvgIpc) is 2.65. The number of rotatable bonds is 5. The van der Waals surface area contributed by atoms with E-state index in [1.54, 1.807) is 0 Å². The SMILES string of the molecule is Cl.Cl.NCCC[C@H](N)C(=O)Nc1ccc(C#Cc2c(F)c(F)nc(F)c2F)cc1. The summed E-state index contributed by atoms with van der Waals surface area (Å²) in [7, 11) is 0. The molecule has 29 heavy (non-hydrogen) atoms. The van der Waals surface area contributed by atoms with Gasteiger partial charge < -0.3 is 16.8 Å². The summed E-state index contributed by atoms with van der Waals surface area (Å²) in [6, 6.07) is 5.21. The molecule has 0 aliphatic heterocycles. The number of anilines is 1. The number of benzene rings is 1. The first-order valence-corrected chi connectivity index (χ1v) is 7.92. The van der Waals surface area contributed by atoms with Crippen molar-refractivity contribution in [2.45, 2.75) is 18.9 Å². The maximum Gasteiger partial charge on any atom is 0.253 e. The van der Waals surface area contributed by atoms with Crippen molar-refractivity contribution >= 4 is 36.4 Å². The highest BCUT2D eigenvalue weighted by Crippen LogP contribution is 2.16. The van der Waals surface area contributed by atoms with E-state index in [-0.39, 0.29) is 30.7 Å². The molecule has 0 bridgehead atoms. The number of nitrogens with two attached hydrogens (primary N) is 2. The number of carbonyl (C=O) groups is 1. The van der Waals surface area contributed by atoms with Crippen LogP contribution in [0.3, 0.4) is 0 Å².